The first-order valence-electron chi connectivity index (χ1n) is 6.76. The van der Waals surface area contributed by atoms with Crippen molar-refractivity contribution in [2.75, 3.05) is 25.6 Å². The first kappa shape index (κ1) is 14.4. The molecule has 5 heteroatoms. The molecule has 1 heterocycles. The van der Waals surface area contributed by atoms with Crippen molar-refractivity contribution in [3.05, 3.63) is 29.8 Å². The molecule has 1 aromatic carbocycles. The lowest BCUT2D eigenvalue weighted by atomic mass is 10.00. The molecule has 1 saturated heterocycles. The highest BCUT2D eigenvalue weighted by atomic mass is 16.7. The highest BCUT2D eigenvalue weighted by molar-refractivity contribution is 5.84. The van der Waals surface area contributed by atoms with Crippen LogP contribution in [0.2, 0.25) is 0 Å². The third kappa shape index (κ3) is 2.91. The Labute approximate surface area is 119 Å². The third-order valence-electron chi connectivity index (χ3n) is 3.68. The predicted molar refractivity (Wildman–Crippen MR) is 75.9 cm³/mol. The second-order valence-electron chi connectivity index (χ2n) is 4.89. The van der Waals surface area contributed by atoms with E-state index in [2.05, 4.69) is 11.0 Å². The van der Waals surface area contributed by atoms with Crippen molar-refractivity contribution in [3.8, 4) is 6.07 Å². The molecule has 0 bridgehead atoms. The molecule has 0 spiro atoms. The number of rotatable bonds is 3. The number of likely N-dealkylation sites (N-methyl/N-ethyl adjacent to an activating group) is 1. The van der Waals surface area contributed by atoms with Crippen LogP contribution >= 0.6 is 0 Å². The van der Waals surface area contributed by atoms with Crippen LogP contribution in [-0.2, 0) is 9.63 Å². The van der Waals surface area contributed by atoms with E-state index >= 15 is 0 Å². The zero-order valence-corrected chi connectivity index (χ0v) is 11.9. The van der Waals surface area contributed by atoms with E-state index in [9.17, 15) is 4.79 Å². The summed E-state index contributed by atoms with van der Waals surface area (Å²) in [5, 5.41) is 10.3. The number of carbonyl (C=O) groups is 1. The number of hydrogen-bond donors (Lipinski definition) is 0. The number of nitrogens with zero attached hydrogens (tertiary/aromatic N) is 3. The van der Waals surface area contributed by atoms with Gasteiger partial charge in [0.05, 0.1) is 18.7 Å². The average molecular weight is 273 g/mol. The minimum atomic E-state index is -0.220. The summed E-state index contributed by atoms with van der Waals surface area (Å²) < 4.78 is 0. The lowest BCUT2D eigenvalue weighted by Gasteiger charge is -2.37. The molecule has 1 aliphatic heterocycles. The minimum absolute atomic E-state index is 0.0467. The van der Waals surface area contributed by atoms with Gasteiger partial charge in [-0.3, -0.25) is 9.63 Å². The highest BCUT2D eigenvalue weighted by Crippen LogP contribution is 2.26. The lowest BCUT2D eigenvalue weighted by Crippen LogP contribution is -2.50. The normalized spacial score (nSPS) is 18.4. The van der Waals surface area contributed by atoms with Crippen LogP contribution < -0.4 is 4.90 Å². The van der Waals surface area contributed by atoms with Crippen LogP contribution in [0.3, 0.4) is 0 Å². The molecule has 20 heavy (non-hydrogen) atoms. The van der Waals surface area contributed by atoms with Gasteiger partial charge in [0.1, 0.15) is 6.04 Å². The molecule has 1 atom stereocenters. The molecule has 1 unspecified atom stereocenters. The Hall–Kier alpha value is -2.06. The molecule has 1 aromatic rings. The molecular formula is C15H19N3O2. The third-order valence-corrected chi connectivity index (χ3v) is 3.68. The van der Waals surface area contributed by atoms with E-state index in [1.807, 2.05) is 18.2 Å². The van der Waals surface area contributed by atoms with Crippen LogP contribution in [0.25, 0.3) is 0 Å². The maximum Gasteiger partial charge on any atom is 0.268 e. The maximum atomic E-state index is 12.4. The predicted octanol–water partition coefficient (Wildman–Crippen LogP) is 1.94. The SMILES string of the molecule is CON(C)C(=O)C1CCCCN1c1cccc(C#N)c1. The van der Waals surface area contributed by atoms with Gasteiger partial charge in [0, 0.05) is 19.3 Å². The van der Waals surface area contributed by atoms with Crippen LogP contribution in [0.5, 0.6) is 0 Å². The van der Waals surface area contributed by atoms with E-state index in [1.54, 1.807) is 13.1 Å². The number of anilines is 1. The second-order valence-corrected chi connectivity index (χ2v) is 4.89. The maximum absolute atomic E-state index is 12.4. The molecule has 0 saturated carbocycles. The standard InChI is InChI=1S/C15H19N3O2/c1-17(20-2)15(19)14-8-3-4-9-18(14)13-7-5-6-12(10-13)11-16/h5-7,10,14H,3-4,8-9H2,1-2H3. The summed E-state index contributed by atoms with van der Waals surface area (Å²) in [6.45, 7) is 0.822. The molecule has 2 rings (SSSR count). The summed E-state index contributed by atoms with van der Waals surface area (Å²) in [6, 6.07) is 9.31. The van der Waals surface area contributed by atoms with Gasteiger partial charge in [-0.1, -0.05) is 6.07 Å². The van der Waals surface area contributed by atoms with Gasteiger partial charge in [0.2, 0.25) is 0 Å². The number of hydrogen-bond acceptors (Lipinski definition) is 4. The van der Waals surface area contributed by atoms with E-state index < -0.39 is 0 Å². The molecule has 0 aromatic heterocycles. The van der Waals surface area contributed by atoms with Crippen LogP contribution in [0.4, 0.5) is 5.69 Å². The average Bonchev–Trinajstić information content (AvgIpc) is 2.53. The summed E-state index contributed by atoms with van der Waals surface area (Å²) in [7, 11) is 3.11. The zero-order chi connectivity index (χ0) is 14.5. The van der Waals surface area contributed by atoms with Crippen molar-refractivity contribution >= 4 is 11.6 Å². The molecule has 1 fully saturated rings. The molecule has 0 radical (unpaired) electrons. The van der Waals surface area contributed by atoms with E-state index in [0.29, 0.717) is 5.56 Å². The first-order valence-corrected chi connectivity index (χ1v) is 6.76. The van der Waals surface area contributed by atoms with Crippen molar-refractivity contribution < 1.29 is 9.63 Å². The fourth-order valence-corrected chi connectivity index (χ4v) is 2.55. The van der Waals surface area contributed by atoms with Crippen LogP contribution in [0, 0.1) is 11.3 Å². The van der Waals surface area contributed by atoms with Gasteiger partial charge in [-0.15, -0.1) is 0 Å². The van der Waals surface area contributed by atoms with Gasteiger partial charge in [0.25, 0.3) is 5.91 Å². The van der Waals surface area contributed by atoms with Gasteiger partial charge in [0.15, 0.2) is 0 Å². The quantitative estimate of drug-likeness (QED) is 0.790. The summed E-state index contributed by atoms with van der Waals surface area (Å²) >= 11 is 0. The number of amides is 1. The molecule has 5 nitrogen and oxygen atoms in total. The van der Waals surface area contributed by atoms with Crippen LogP contribution in [0.1, 0.15) is 24.8 Å². The largest absolute Gasteiger partial charge is 0.359 e. The lowest BCUT2D eigenvalue weighted by molar-refractivity contribution is -0.170. The number of benzene rings is 1. The fourth-order valence-electron chi connectivity index (χ4n) is 2.55. The molecule has 0 N–H and O–H groups in total. The summed E-state index contributed by atoms with van der Waals surface area (Å²) in [5.74, 6) is -0.0467. The molecule has 0 aliphatic carbocycles. The molecule has 1 amide bonds. The van der Waals surface area contributed by atoms with E-state index in [4.69, 9.17) is 10.1 Å². The fraction of sp³-hybridized carbons (Fsp3) is 0.467. The Kier molecular flexibility index (Phi) is 4.59. The van der Waals surface area contributed by atoms with Crippen LogP contribution in [0.15, 0.2) is 24.3 Å². The molecule has 1 aliphatic rings. The Morgan fingerprint density at radius 3 is 3.00 bits per heavy atom. The summed E-state index contributed by atoms with van der Waals surface area (Å²) in [5.41, 5.74) is 1.53. The van der Waals surface area contributed by atoms with E-state index in [1.165, 1.54) is 12.2 Å². The van der Waals surface area contributed by atoms with Crippen LogP contribution in [-0.4, -0.2) is 37.7 Å². The van der Waals surface area contributed by atoms with Crippen molar-refractivity contribution in [2.24, 2.45) is 0 Å². The Balaban J connectivity index is 2.26. The molecular weight excluding hydrogens is 254 g/mol. The van der Waals surface area contributed by atoms with E-state index in [-0.39, 0.29) is 11.9 Å². The number of carbonyl (C=O) groups excluding carboxylic acids is 1. The van der Waals surface area contributed by atoms with Crippen molar-refractivity contribution in [1.29, 1.82) is 5.26 Å². The van der Waals surface area contributed by atoms with Crippen molar-refractivity contribution in [1.82, 2.24) is 5.06 Å². The number of hydroxylamine groups is 2. The monoisotopic (exact) mass is 273 g/mol. The summed E-state index contributed by atoms with van der Waals surface area (Å²) in [6.07, 6.45) is 2.89. The zero-order valence-electron chi connectivity index (χ0n) is 11.9. The van der Waals surface area contributed by atoms with Gasteiger partial charge in [-0.2, -0.15) is 5.26 Å². The number of piperidine rings is 1. The van der Waals surface area contributed by atoms with Gasteiger partial charge in [-0.05, 0) is 37.5 Å². The van der Waals surface area contributed by atoms with Gasteiger partial charge < -0.3 is 4.90 Å². The molecule has 106 valence electrons. The second kappa shape index (κ2) is 6.40. The summed E-state index contributed by atoms with van der Waals surface area (Å²) in [4.78, 5) is 19.4. The van der Waals surface area contributed by atoms with E-state index in [0.717, 1.165) is 31.5 Å². The van der Waals surface area contributed by atoms with Gasteiger partial charge >= 0.3 is 0 Å². The van der Waals surface area contributed by atoms with Crippen molar-refractivity contribution in [3.63, 3.8) is 0 Å². The smallest absolute Gasteiger partial charge is 0.268 e. The van der Waals surface area contributed by atoms with Crippen molar-refractivity contribution in [2.45, 2.75) is 25.3 Å². The first-order chi connectivity index (χ1) is 9.67. The highest BCUT2D eigenvalue weighted by Gasteiger charge is 2.31. The Morgan fingerprint density at radius 2 is 2.30 bits per heavy atom. The topological polar surface area (TPSA) is 56.6 Å². The Bertz CT molecular complexity index is 524. The minimum Gasteiger partial charge on any atom is -0.359 e. The number of nitriles is 1. The van der Waals surface area contributed by atoms with Gasteiger partial charge in [-0.25, -0.2) is 5.06 Å². The Morgan fingerprint density at radius 1 is 1.50 bits per heavy atom.